The lowest BCUT2D eigenvalue weighted by atomic mass is 10.1. The minimum absolute atomic E-state index is 0.000192. The van der Waals surface area contributed by atoms with Gasteiger partial charge in [0, 0.05) is 21.2 Å². The van der Waals surface area contributed by atoms with Gasteiger partial charge in [-0.25, -0.2) is 4.39 Å². The molecule has 2 aromatic carbocycles. The third-order valence-electron chi connectivity index (χ3n) is 2.68. The molecule has 0 bridgehead atoms. The number of nitrogens with two attached hydrogens (primary N) is 1. The van der Waals surface area contributed by atoms with Crippen LogP contribution in [0.1, 0.15) is 11.1 Å². The minimum Gasteiger partial charge on any atom is -0.409 e. The molecule has 2 rings (SSSR count). The maximum absolute atomic E-state index is 13.5. The summed E-state index contributed by atoms with van der Waals surface area (Å²) < 4.78 is 13.5. The normalized spacial score (nSPS) is 11.6. The first kappa shape index (κ1) is 14.7. The molecule has 0 heterocycles. The topological polar surface area (TPSA) is 58.6 Å². The van der Waals surface area contributed by atoms with Crippen LogP contribution in [0.5, 0.6) is 0 Å². The van der Waals surface area contributed by atoms with Crippen molar-refractivity contribution in [1.29, 1.82) is 0 Å². The summed E-state index contributed by atoms with van der Waals surface area (Å²) in [4.78, 5) is 0.573. The van der Waals surface area contributed by atoms with Gasteiger partial charge in [-0.3, -0.25) is 0 Å². The van der Waals surface area contributed by atoms with E-state index in [0.717, 1.165) is 5.56 Å². The number of hydrogen-bond acceptors (Lipinski definition) is 3. The summed E-state index contributed by atoms with van der Waals surface area (Å²) in [6, 6.07) is 11.7. The molecule has 0 aliphatic rings. The first-order valence-corrected chi connectivity index (χ1v) is 7.12. The van der Waals surface area contributed by atoms with Gasteiger partial charge in [0.15, 0.2) is 5.84 Å². The van der Waals surface area contributed by atoms with Crippen molar-refractivity contribution < 1.29 is 9.60 Å². The van der Waals surface area contributed by atoms with E-state index in [1.54, 1.807) is 36.4 Å². The summed E-state index contributed by atoms with van der Waals surface area (Å²) >= 11 is 7.50. The average Bonchev–Trinajstić information content (AvgIpc) is 2.46. The molecule has 3 nitrogen and oxygen atoms in total. The lowest BCUT2D eigenvalue weighted by molar-refractivity contribution is 0.318. The second kappa shape index (κ2) is 6.63. The van der Waals surface area contributed by atoms with Crippen molar-refractivity contribution in [3.05, 3.63) is 64.4 Å². The van der Waals surface area contributed by atoms with Crippen molar-refractivity contribution in [2.24, 2.45) is 10.9 Å². The Hall–Kier alpha value is -1.72. The molecule has 20 heavy (non-hydrogen) atoms. The standard InChI is InChI=1S/C14H12ClFN2OS/c15-11-7-9(14(17)18-19)5-6-10(11)8-20-13-4-2-1-3-12(13)16/h1-7,19H,8H2,(H2,17,18). The third-order valence-corrected chi connectivity index (χ3v) is 4.13. The van der Waals surface area contributed by atoms with Crippen LogP contribution < -0.4 is 5.73 Å². The highest BCUT2D eigenvalue weighted by Crippen LogP contribution is 2.28. The number of oxime groups is 1. The molecule has 0 saturated carbocycles. The Morgan fingerprint density at radius 1 is 1.30 bits per heavy atom. The van der Waals surface area contributed by atoms with Gasteiger partial charge >= 0.3 is 0 Å². The average molecular weight is 311 g/mol. The van der Waals surface area contributed by atoms with Crippen molar-refractivity contribution in [2.75, 3.05) is 0 Å². The summed E-state index contributed by atoms with van der Waals surface area (Å²) in [5.41, 5.74) is 6.88. The Morgan fingerprint density at radius 3 is 2.70 bits per heavy atom. The molecule has 0 saturated heterocycles. The molecule has 104 valence electrons. The zero-order valence-corrected chi connectivity index (χ0v) is 12.0. The number of rotatable bonds is 4. The number of benzene rings is 2. The first-order chi connectivity index (χ1) is 9.61. The summed E-state index contributed by atoms with van der Waals surface area (Å²) in [5, 5.41) is 12.0. The van der Waals surface area contributed by atoms with Gasteiger partial charge in [-0.1, -0.05) is 41.0 Å². The predicted octanol–water partition coefficient (Wildman–Crippen LogP) is 3.87. The van der Waals surface area contributed by atoms with Crippen molar-refractivity contribution in [3.8, 4) is 0 Å². The highest BCUT2D eigenvalue weighted by atomic mass is 35.5. The van der Waals surface area contributed by atoms with Crippen molar-refractivity contribution in [3.63, 3.8) is 0 Å². The van der Waals surface area contributed by atoms with E-state index in [4.69, 9.17) is 22.5 Å². The van der Waals surface area contributed by atoms with Crippen LogP contribution in [-0.4, -0.2) is 11.0 Å². The van der Waals surface area contributed by atoms with E-state index in [0.29, 0.717) is 21.2 Å². The number of thioether (sulfide) groups is 1. The van der Waals surface area contributed by atoms with Crippen LogP contribution in [0.15, 0.2) is 52.5 Å². The van der Waals surface area contributed by atoms with E-state index in [1.165, 1.54) is 17.8 Å². The van der Waals surface area contributed by atoms with E-state index < -0.39 is 0 Å². The highest BCUT2D eigenvalue weighted by molar-refractivity contribution is 7.98. The van der Waals surface area contributed by atoms with Gasteiger partial charge in [-0.15, -0.1) is 11.8 Å². The first-order valence-electron chi connectivity index (χ1n) is 5.75. The molecule has 0 fully saturated rings. The molecular formula is C14H12ClFN2OS. The van der Waals surface area contributed by atoms with E-state index in [9.17, 15) is 4.39 Å². The van der Waals surface area contributed by atoms with Gasteiger partial charge in [-0.05, 0) is 23.8 Å². The molecule has 0 radical (unpaired) electrons. The fourth-order valence-electron chi connectivity index (χ4n) is 1.60. The molecule has 0 aliphatic heterocycles. The zero-order chi connectivity index (χ0) is 14.5. The molecule has 2 aromatic rings. The second-order valence-corrected chi connectivity index (χ2v) is 5.43. The summed E-state index contributed by atoms with van der Waals surface area (Å²) in [5.74, 6) is 0.290. The quantitative estimate of drug-likeness (QED) is 0.296. The van der Waals surface area contributed by atoms with Crippen LogP contribution in [0, 0.1) is 5.82 Å². The molecule has 3 N–H and O–H groups in total. The smallest absolute Gasteiger partial charge is 0.170 e. The van der Waals surface area contributed by atoms with Crippen molar-refractivity contribution >= 4 is 29.2 Å². The molecule has 6 heteroatoms. The monoisotopic (exact) mass is 310 g/mol. The summed E-state index contributed by atoms with van der Waals surface area (Å²) in [6.07, 6.45) is 0. The minimum atomic E-state index is -0.248. The van der Waals surface area contributed by atoms with Crippen molar-refractivity contribution in [1.82, 2.24) is 0 Å². The number of amidine groups is 1. The Kier molecular flexibility index (Phi) is 4.87. The Morgan fingerprint density at radius 2 is 2.05 bits per heavy atom. The molecule has 0 aromatic heterocycles. The highest BCUT2D eigenvalue weighted by Gasteiger charge is 2.07. The summed E-state index contributed by atoms with van der Waals surface area (Å²) in [6.45, 7) is 0. The largest absolute Gasteiger partial charge is 0.409 e. The lowest BCUT2D eigenvalue weighted by Crippen LogP contribution is -2.12. The van der Waals surface area contributed by atoms with Crippen molar-refractivity contribution in [2.45, 2.75) is 10.6 Å². The predicted molar refractivity (Wildman–Crippen MR) is 79.9 cm³/mol. The lowest BCUT2D eigenvalue weighted by Gasteiger charge is -2.07. The zero-order valence-electron chi connectivity index (χ0n) is 10.4. The molecular weight excluding hydrogens is 299 g/mol. The number of halogens is 2. The van der Waals surface area contributed by atoms with Gasteiger partial charge in [0.2, 0.25) is 0 Å². The molecule has 0 atom stereocenters. The molecule has 0 amide bonds. The third kappa shape index (κ3) is 3.43. The van der Waals surface area contributed by atoms with E-state index >= 15 is 0 Å². The van der Waals surface area contributed by atoms with E-state index in [1.807, 2.05) is 0 Å². The fourth-order valence-corrected chi connectivity index (χ4v) is 2.87. The van der Waals surface area contributed by atoms with E-state index in [2.05, 4.69) is 5.16 Å². The van der Waals surface area contributed by atoms with Gasteiger partial charge in [0.05, 0.1) is 0 Å². The Balaban J connectivity index is 2.13. The van der Waals surface area contributed by atoms with Gasteiger partial charge in [-0.2, -0.15) is 0 Å². The Bertz CT molecular complexity index is 649. The number of nitrogens with zero attached hydrogens (tertiary/aromatic N) is 1. The SMILES string of the molecule is N/C(=N/O)c1ccc(CSc2ccccc2F)c(Cl)c1. The van der Waals surface area contributed by atoms with Crippen LogP contribution >= 0.6 is 23.4 Å². The van der Waals surface area contributed by atoms with Crippen LogP contribution in [0.4, 0.5) is 4.39 Å². The van der Waals surface area contributed by atoms with E-state index in [-0.39, 0.29) is 11.7 Å². The summed E-state index contributed by atoms with van der Waals surface area (Å²) in [7, 11) is 0. The molecule has 0 spiro atoms. The van der Waals surface area contributed by atoms with Gasteiger partial charge in [0.25, 0.3) is 0 Å². The van der Waals surface area contributed by atoms with Crippen LogP contribution in [0.25, 0.3) is 0 Å². The Labute approximate surface area is 125 Å². The maximum atomic E-state index is 13.5. The van der Waals surface area contributed by atoms with Gasteiger partial charge < -0.3 is 10.9 Å². The van der Waals surface area contributed by atoms with Gasteiger partial charge in [0.1, 0.15) is 5.82 Å². The second-order valence-electron chi connectivity index (χ2n) is 4.01. The van der Waals surface area contributed by atoms with Crippen LogP contribution in [0.3, 0.4) is 0 Å². The number of hydrogen-bond donors (Lipinski definition) is 2. The van der Waals surface area contributed by atoms with Crippen LogP contribution in [0.2, 0.25) is 5.02 Å². The molecule has 0 unspecified atom stereocenters. The molecule has 0 aliphatic carbocycles. The fraction of sp³-hybridized carbons (Fsp3) is 0.0714. The maximum Gasteiger partial charge on any atom is 0.170 e. The van der Waals surface area contributed by atoms with Crippen LogP contribution in [-0.2, 0) is 5.75 Å².